The van der Waals surface area contributed by atoms with Crippen molar-refractivity contribution < 1.29 is 15.0 Å². The van der Waals surface area contributed by atoms with Gasteiger partial charge < -0.3 is 19.5 Å². The molecule has 2 N–H and O–H groups in total. The summed E-state index contributed by atoms with van der Waals surface area (Å²) >= 11 is 0. The number of fused-ring (bicyclic) bond motifs is 1. The summed E-state index contributed by atoms with van der Waals surface area (Å²) in [6, 6.07) is 22.4. The first-order valence-electron chi connectivity index (χ1n) is 10.9. The number of aromatic hydroxyl groups is 1. The van der Waals surface area contributed by atoms with E-state index in [1.165, 1.54) is 31.8 Å². The first kappa shape index (κ1) is 23.1. The molecule has 0 saturated heterocycles. The second-order valence-corrected chi connectivity index (χ2v) is 7.40. The molecule has 0 aliphatic rings. The molecule has 2 aromatic carbocycles. The summed E-state index contributed by atoms with van der Waals surface area (Å²) in [4.78, 5) is 13.7. The van der Waals surface area contributed by atoms with Crippen molar-refractivity contribution in [2.75, 3.05) is 19.6 Å². The van der Waals surface area contributed by atoms with Gasteiger partial charge in [-0.2, -0.15) is 0 Å². The molecule has 0 unspecified atom stereocenters. The lowest BCUT2D eigenvalue weighted by Gasteiger charge is -2.13. The maximum absolute atomic E-state index is 11.3. The fraction of sp³-hybridized carbons (Fsp3) is 0.222. The van der Waals surface area contributed by atoms with E-state index in [2.05, 4.69) is 25.7 Å². The zero-order chi connectivity index (χ0) is 23.1. The lowest BCUT2D eigenvalue weighted by atomic mass is 10.0. The van der Waals surface area contributed by atoms with Crippen molar-refractivity contribution in [1.29, 1.82) is 0 Å². The summed E-state index contributed by atoms with van der Waals surface area (Å²) in [5, 5.41) is 20.1. The Bertz CT molecular complexity index is 1160. The van der Waals surface area contributed by atoms with Crippen LogP contribution in [0, 0.1) is 0 Å². The summed E-state index contributed by atoms with van der Waals surface area (Å²) < 4.78 is 1.83. The average Bonchev–Trinajstić information content (AvgIpc) is 3.13. The van der Waals surface area contributed by atoms with Gasteiger partial charge in [-0.15, -0.1) is 0 Å². The minimum atomic E-state index is -1.02. The molecule has 0 aliphatic heterocycles. The number of carbonyl (C=O) groups is 1. The Morgan fingerprint density at radius 3 is 1.84 bits per heavy atom. The highest BCUT2D eigenvalue weighted by molar-refractivity contribution is 5.96. The summed E-state index contributed by atoms with van der Waals surface area (Å²) in [6.07, 6.45) is 1.69. The zero-order valence-corrected chi connectivity index (χ0v) is 18.8. The smallest absolute Gasteiger partial charge is 0.335 e. The summed E-state index contributed by atoms with van der Waals surface area (Å²) in [5.74, 6) is -0.946. The van der Waals surface area contributed by atoms with Crippen LogP contribution in [0.4, 0.5) is 0 Å². The molecule has 2 aromatic heterocycles. The fourth-order valence-electron chi connectivity index (χ4n) is 3.80. The van der Waals surface area contributed by atoms with Crippen molar-refractivity contribution in [2.24, 2.45) is 0 Å². The Morgan fingerprint density at radius 1 is 0.844 bits per heavy atom. The molecule has 0 fully saturated rings. The second-order valence-electron chi connectivity index (χ2n) is 7.40. The average molecular weight is 431 g/mol. The molecule has 0 aliphatic carbocycles. The highest BCUT2D eigenvalue weighted by atomic mass is 16.4. The Morgan fingerprint density at radius 2 is 1.38 bits per heavy atom. The van der Waals surface area contributed by atoms with Gasteiger partial charge in [-0.25, -0.2) is 4.79 Å². The minimum absolute atomic E-state index is 0.0770. The molecule has 2 heterocycles. The Hall–Kier alpha value is -3.57. The van der Waals surface area contributed by atoms with Crippen molar-refractivity contribution in [1.82, 2.24) is 9.30 Å². The molecule has 5 heteroatoms. The van der Waals surface area contributed by atoms with Gasteiger partial charge in [0.25, 0.3) is 0 Å². The summed E-state index contributed by atoms with van der Waals surface area (Å²) in [7, 11) is 0. The maximum atomic E-state index is 11.3. The first-order valence-corrected chi connectivity index (χ1v) is 10.9. The molecular formula is C27H30N2O3. The van der Waals surface area contributed by atoms with E-state index >= 15 is 0 Å². The van der Waals surface area contributed by atoms with Gasteiger partial charge in [0.05, 0.1) is 22.3 Å². The van der Waals surface area contributed by atoms with Crippen molar-refractivity contribution in [3.05, 3.63) is 84.6 Å². The number of hydrogen-bond donors (Lipinski definition) is 2. The molecule has 4 aromatic rings. The largest absolute Gasteiger partial charge is 0.505 e. The number of aromatic nitrogens is 1. The maximum Gasteiger partial charge on any atom is 0.335 e. The molecule has 0 radical (unpaired) electrons. The van der Waals surface area contributed by atoms with Gasteiger partial charge in [0.1, 0.15) is 5.75 Å². The normalized spacial score (nSPS) is 10.8. The van der Waals surface area contributed by atoms with E-state index in [1.54, 1.807) is 6.20 Å². The van der Waals surface area contributed by atoms with Crippen molar-refractivity contribution in [3.8, 4) is 28.1 Å². The van der Waals surface area contributed by atoms with Crippen LogP contribution < -0.4 is 0 Å². The number of carboxylic acids is 1. The number of pyridine rings is 1. The number of rotatable bonds is 6. The monoisotopic (exact) mass is 430 g/mol. The van der Waals surface area contributed by atoms with Crippen LogP contribution in [0.5, 0.6) is 5.75 Å². The molecular weight excluding hydrogens is 400 g/mol. The van der Waals surface area contributed by atoms with Crippen LogP contribution in [-0.4, -0.2) is 45.1 Å². The van der Waals surface area contributed by atoms with E-state index in [-0.39, 0.29) is 11.3 Å². The third-order valence-corrected chi connectivity index (χ3v) is 5.61. The molecule has 32 heavy (non-hydrogen) atoms. The van der Waals surface area contributed by atoms with E-state index in [0.29, 0.717) is 11.1 Å². The summed E-state index contributed by atoms with van der Waals surface area (Å²) in [5.41, 5.74) is 3.95. The third-order valence-electron chi connectivity index (χ3n) is 5.61. The van der Waals surface area contributed by atoms with Crippen LogP contribution in [0.15, 0.2) is 79.0 Å². The predicted molar refractivity (Wildman–Crippen MR) is 130 cm³/mol. The number of nitrogens with zero attached hydrogens (tertiary/aromatic N) is 2. The van der Waals surface area contributed by atoms with Gasteiger partial charge in [0.15, 0.2) is 0 Å². The van der Waals surface area contributed by atoms with Gasteiger partial charge in [0.2, 0.25) is 0 Å². The molecule has 0 atom stereocenters. The number of carboxylic acid groups (broad SMARTS) is 1. The number of benzene rings is 2. The fourth-order valence-corrected chi connectivity index (χ4v) is 3.80. The lowest BCUT2D eigenvalue weighted by molar-refractivity contribution is 0.0697. The number of hydrogen-bond acceptors (Lipinski definition) is 3. The van der Waals surface area contributed by atoms with E-state index in [4.69, 9.17) is 0 Å². The number of aromatic carboxylic acids is 1. The highest BCUT2D eigenvalue weighted by Gasteiger charge is 2.21. The van der Waals surface area contributed by atoms with Gasteiger partial charge >= 0.3 is 5.97 Å². The van der Waals surface area contributed by atoms with E-state index < -0.39 is 5.97 Å². The van der Waals surface area contributed by atoms with Gasteiger partial charge in [0, 0.05) is 6.20 Å². The Kier molecular flexibility index (Phi) is 7.68. The topological polar surface area (TPSA) is 65.2 Å². The molecule has 166 valence electrons. The zero-order valence-electron chi connectivity index (χ0n) is 18.8. The first-order chi connectivity index (χ1) is 15.5. The quantitative estimate of drug-likeness (QED) is 0.392. The van der Waals surface area contributed by atoms with Crippen molar-refractivity contribution >= 4 is 11.5 Å². The predicted octanol–water partition coefficient (Wildman–Crippen LogP) is 6.03. The molecule has 0 saturated carbocycles. The SMILES string of the molecule is CCN(CC)CC.O=C(O)c1ccn2c(-c3ccccc3)c(-c3ccccc3)c(O)c2c1. The second kappa shape index (κ2) is 10.6. The third kappa shape index (κ3) is 4.84. The highest BCUT2D eigenvalue weighted by Crippen LogP contribution is 2.43. The van der Waals surface area contributed by atoms with E-state index in [9.17, 15) is 15.0 Å². The van der Waals surface area contributed by atoms with Crippen LogP contribution in [0.1, 0.15) is 31.1 Å². The minimum Gasteiger partial charge on any atom is -0.505 e. The van der Waals surface area contributed by atoms with Crippen LogP contribution in [0.25, 0.3) is 27.9 Å². The van der Waals surface area contributed by atoms with Gasteiger partial charge in [-0.3, -0.25) is 0 Å². The van der Waals surface area contributed by atoms with Crippen LogP contribution in [0.3, 0.4) is 0 Å². The van der Waals surface area contributed by atoms with E-state index in [0.717, 1.165) is 16.8 Å². The Balaban J connectivity index is 0.000000360. The van der Waals surface area contributed by atoms with Crippen LogP contribution in [-0.2, 0) is 0 Å². The molecule has 0 spiro atoms. The van der Waals surface area contributed by atoms with Crippen LogP contribution >= 0.6 is 0 Å². The standard InChI is InChI=1S/C21H15NO3.C6H15N/c23-20-17-13-16(21(24)25)11-12-22(17)19(15-9-5-2-6-10-15)18(20)14-7-3-1-4-8-14;1-4-7(5-2)6-3/h1-13,23H,(H,24,25);4-6H2,1-3H3. The Labute approximate surface area is 189 Å². The lowest BCUT2D eigenvalue weighted by Crippen LogP contribution is -2.21. The molecule has 0 amide bonds. The molecule has 5 nitrogen and oxygen atoms in total. The molecule has 0 bridgehead atoms. The summed E-state index contributed by atoms with van der Waals surface area (Å²) in [6.45, 7) is 10.1. The van der Waals surface area contributed by atoms with Gasteiger partial charge in [-0.05, 0) is 42.9 Å². The van der Waals surface area contributed by atoms with Crippen LogP contribution in [0.2, 0.25) is 0 Å². The van der Waals surface area contributed by atoms with Gasteiger partial charge in [-0.1, -0.05) is 81.4 Å². The van der Waals surface area contributed by atoms with E-state index in [1.807, 2.05) is 65.1 Å². The van der Waals surface area contributed by atoms with Crippen molar-refractivity contribution in [2.45, 2.75) is 20.8 Å². The van der Waals surface area contributed by atoms with Crippen molar-refractivity contribution in [3.63, 3.8) is 0 Å². The molecule has 4 rings (SSSR count).